The number of carbonyl (C=O) groups is 1. The second-order valence-electron chi connectivity index (χ2n) is 5.41. The van der Waals surface area contributed by atoms with Crippen LogP contribution >= 0.6 is 23.2 Å². The normalized spacial score (nSPS) is 21.0. The molecule has 2 unspecified atom stereocenters. The second kappa shape index (κ2) is 7.45. The monoisotopic (exact) mass is 329 g/mol. The van der Waals surface area contributed by atoms with Gasteiger partial charge in [0.2, 0.25) is 5.91 Å². The molecular weight excluding hydrogens is 309 g/mol. The zero-order valence-corrected chi connectivity index (χ0v) is 13.8. The molecule has 0 aromatic heterocycles. The summed E-state index contributed by atoms with van der Waals surface area (Å²) < 4.78 is 0. The van der Waals surface area contributed by atoms with Crippen molar-refractivity contribution in [1.82, 2.24) is 10.2 Å². The van der Waals surface area contributed by atoms with E-state index in [1.807, 2.05) is 14.0 Å². The minimum absolute atomic E-state index is 0.0593. The number of hydrogen-bond donors (Lipinski definition) is 2. The second-order valence-corrected chi connectivity index (χ2v) is 6.26. The maximum Gasteiger partial charge on any atom is 0.241 e. The summed E-state index contributed by atoms with van der Waals surface area (Å²) in [4.78, 5) is 14.6. The Morgan fingerprint density at radius 3 is 2.90 bits per heavy atom. The van der Waals surface area contributed by atoms with Crippen molar-refractivity contribution < 1.29 is 4.79 Å². The Kier molecular flexibility index (Phi) is 5.88. The van der Waals surface area contributed by atoms with Crippen LogP contribution in [0.4, 0.5) is 5.69 Å². The van der Waals surface area contributed by atoms with Crippen molar-refractivity contribution >= 4 is 34.8 Å². The van der Waals surface area contributed by atoms with Crippen LogP contribution in [0.2, 0.25) is 10.0 Å². The predicted molar refractivity (Wildman–Crippen MR) is 88.2 cm³/mol. The Morgan fingerprint density at radius 1 is 1.43 bits per heavy atom. The third-order valence-corrected chi connectivity index (χ3v) is 4.54. The lowest BCUT2D eigenvalue weighted by Crippen LogP contribution is -2.51. The fraction of sp³-hybridized carbons (Fsp3) is 0.533. The lowest BCUT2D eigenvalue weighted by atomic mass is 10.0. The molecule has 1 amide bonds. The summed E-state index contributed by atoms with van der Waals surface area (Å²) in [7, 11) is 1.96. The van der Waals surface area contributed by atoms with Gasteiger partial charge in [0.25, 0.3) is 0 Å². The van der Waals surface area contributed by atoms with E-state index >= 15 is 0 Å². The van der Waals surface area contributed by atoms with Crippen LogP contribution in [0.3, 0.4) is 0 Å². The first kappa shape index (κ1) is 16.6. The van der Waals surface area contributed by atoms with Crippen LogP contribution in [0, 0.1) is 0 Å². The molecule has 1 aromatic carbocycles. The quantitative estimate of drug-likeness (QED) is 0.892. The molecule has 1 aliphatic rings. The molecular formula is C15H21Cl2N3O. The van der Waals surface area contributed by atoms with Crippen LogP contribution in [-0.4, -0.2) is 43.0 Å². The number of anilines is 1. The maximum absolute atomic E-state index is 12.4. The molecule has 1 aliphatic heterocycles. The van der Waals surface area contributed by atoms with E-state index in [0.717, 1.165) is 25.9 Å². The summed E-state index contributed by atoms with van der Waals surface area (Å²) in [6.07, 6.45) is 2.25. The first-order valence-corrected chi connectivity index (χ1v) is 7.94. The van der Waals surface area contributed by atoms with Crippen LogP contribution in [0.5, 0.6) is 0 Å². The average molecular weight is 330 g/mol. The number of piperidine rings is 1. The van der Waals surface area contributed by atoms with Gasteiger partial charge in [0.1, 0.15) is 0 Å². The number of carbonyl (C=O) groups excluding carboxylic acids is 1. The van der Waals surface area contributed by atoms with E-state index in [9.17, 15) is 4.79 Å². The number of likely N-dealkylation sites (N-methyl/N-ethyl adjacent to an activating group) is 1. The van der Waals surface area contributed by atoms with Crippen LogP contribution in [0.25, 0.3) is 0 Å². The number of nitrogens with zero attached hydrogens (tertiary/aromatic N) is 1. The number of benzene rings is 1. The molecule has 4 nitrogen and oxygen atoms in total. The van der Waals surface area contributed by atoms with Gasteiger partial charge in [0, 0.05) is 17.6 Å². The molecule has 0 bridgehead atoms. The molecule has 0 aliphatic carbocycles. The summed E-state index contributed by atoms with van der Waals surface area (Å²) in [5.41, 5.74) is 0.559. The van der Waals surface area contributed by atoms with Crippen molar-refractivity contribution in [3.8, 4) is 0 Å². The number of hydrogen-bond acceptors (Lipinski definition) is 3. The Labute approximate surface area is 135 Å². The van der Waals surface area contributed by atoms with E-state index in [1.165, 1.54) is 0 Å². The minimum atomic E-state index is -0.198. The molecule has 1 aromatic rings. The first-order valence-electron chi connectivity index (χ1n) is 7.18. The molecule has 2 atom stereocenters. The molecule has 0 radical (unpaired) electrons. The van der Waals surface area contributed by atoms with Gasteiger partial charge in [-0.2, -0.15) is 0 Å². The zero-order valence-electron chi connectivity index (χ0n) is 12.3. The number of likely N-dealkylation sites (tertiary alicyclic amines) is 1. The van der Waals surface area contributed by atoms with E-state index < -0.39 is 0 Å². The van der Waals surface area contributed by atoms with Crippen molar-refractivity contribution in [2.24, 2.45) is 0 Å². The van der Waals surface area contributed by atoms with Crippen LogP contribution in [0.15, 0.2) is 18.2 Å². The highest BCUT2D eigenvalue weighted by Gasteiger charge is 2.27. The van der Waals surface area contributed by atoms with Crippen molar-refractivity contribution in [2.75, 3.05) is 25.5 Å². The summed E-state index contributed by atoms with van der Waals surface area (Å²) in [5, 5.41) is 7.19. The standard InChI is InChI=1S/C15H21Cl2N3O/c1-10(20-7-3-4-12(9-20)18-2)15(21)19-14-8-11(16)5-6-13(14)17/h5-6,8,10,12,18H,3-4,7,9H2,1-2H3,(H,19,21). The molecule has 1 fully saturated rings. The average Bonchev–Trinajstić information content (AvgIpc) is 2.50. The molecule has 0 saturated carbocycles. The summed E-state index contributed by atoms with van der Waals surface area (Å²) in [6.45, 7) is 3.75. The van der Waals surface area contributed by atoms with Gasteiger partial charge < -0.3 is 10.6 Å². The molecule has 1 saturated heterocycles. The number of nitrogens with one attached hydrogen (secondary N) is 2. The highest BCUT2D eigenvalue weighted by molar-refractivity contribution is 6.35. The van der Waals surface area contributed by atoms with Crippen molar-refractivity contribution in [3.05, 3.63) is 28.2 Å². The first-order chi connectivity index (χ1) is 10.0. The van der Waals surface area contributed by atoms with Crippen LogP contribution in [0.1, 0.15) is 19.8 Å². The molecule has 6 heteroatoms. The Balaban J connectivity index is 2.00. The third kappa shape index (κ3) is 4.33. The van der Waals surface area contributed by atoms with Gasteiger partial charge in [-0.25, -0.2) is 0 Å². The Morgan fingerprint density at radius 2 is 2.19 bits per heavy atom. The highest BCUT2D eigenvalue weighted by Crippen LogP contribution is 2.26. The Hall–Kier alpha value is -0.810. The SMILES string of the molecule is CNC1CCCN(C(C)C(=O)Nc2cc(Cl)ccc2Cl)C1. The summed E-state index contributed by atoms with van der Waals surface area (Å²) in [5.74, 6) is -0.0593. The molecule has 1 heterocycles. The van der Waals surface area contributed by atoms with Crippen LogP contribution < -0.4 is 10.6 Å². The molecule has 116 valence electrons. The van der Waals surface area contributed by atoms with Gasteiger partial charge in [-0.1, -0.05) is 23.2 Å². The smallest absolute Gasteiger partial charge is 0.241 e. The lowest BCUT2D eigenvalue weighted by Gasteiger charge is -2.36. The molecule has 0 spiro atoms. The summed E-state index contributed by atoms with van der Waals surface area (Å²) in [6, 6.07) is 5.30. The van der Waals surface area contributed by atoms with E-state index in [-0.39, 0.29) is 11.9 Å². The predicted octanol–water partition coefficient (Wildman–Crippen LogP) is 3.00. The highest BCUT2D eigenvalue weighted by atomic mass is 35.5. The number of halogens is 2. The van der Waals surface area contributed by atoms with E-state index in [4.69, 9.17) is 23.2 Å². The van der Waals surface area contributed by atoms with E-state index in [1.54, 1.807) is 18.2 Å². The third-order valence-electron chi connectivity index (χ3n) is 3.97. The summed E-state index contributed by atoms with van der Waals surface area (Å²) >= 11 is 12.0. The largest absolute Gasteiger partial charge is 0.323 e. The lowest BCUT2D eigenvalue weighted by molar-refractivity contribution is -0.121. The van der Waals surface area contributed by atoms with E-state index in [2.05, 4.69) is 15.5 Å². The van der Waals surface area contributed by atoms with Gasteiger partial charge in [-0.15, -0.1) is 0 Å². The van der Waals surface area contributed by atoms with Crippen molar-refractivity contribution in [2.45, 2.75) is 31.8 Å². The molecule has 21 heavy (non-hydrogen) atoms. The molecule has 2 rings (SSSR count). The fourth-order valence-electron chi connectivity index (χ4n) is 2.59. The van der Waals surface area contributed by atoms with Gasteiger partial charge >= 0.3 is 0 Å². The topological polar surface area (TPSA) is 44.4 Å². The van der Waals surface area contributed by atoms with Gasteiger partial charge in [-0.3, -0.25) is 9.69 Å². The molecule has 2 N–H and O–H groups in total. The van der Waals surface area contributed by atoms with Crippen LogP contribution in [-0.2, 0) is 4.79 Å². The number of amides is 1. The minimum Gasteiger partial charge on any atom is -0.323 e. The van der Waals surface area contributed by atoms with Crippen molar-refractivity contribution in [3.63, 3.8) is 0 Å². The number of rotatable bonds is 4. The van der Waals surface area contributed by atoms with Gasteiger partial charge in [-0.05, 0) is 51.6 Å². The Bertz CT molecular complexity index is 510. The van der Waals surface area contributed by atoms with E-state index in [0.29, 0.717) is 21.8 Å². The maximum atomic E-state index is 12.4. The van der Waals surface area contributed by atoms with Gasteiger partial charge in [0.15, 0.2) is 0 Å². The fourth-order valence-corrected chi connectivity index (χ4v) is 2.93. The van der Waals surface area contributed by atoms with Gasteiger partial charge in [0.05, 0.1) is 16.8 Å². The zero-order chi connectivity index (χ0) is 15.4. The van der Waals surface area contributed by atoms with Crippen molar-refractivity contribution in [1.29, 1.82) is 0 Å².